The highest BCUT2D eigenvalue weighted by molar-refractivity contribution is 5.60. The van der Waals surface area contributed by atoms with Crippen molar-refractivity contribution in [3.63, 3.8) is 0 Å². The number of aromatic nitrogens is 2. The van der Waals surface area contributed by atoms with E-state index in [0.29, 0.717) is 24.5 Å². The number of methoxy groups -OCH3 is 3. The molecular formula is C16H21N3O3. The Hall–Kier alpha value is -2.50. The number of hydrogen-bond acceptors (Lipinski definition) is 5. The van der Waals surface area contributed by atoms with Crippen LogP contribution in [0.15, 0.2) is 29.5 Å². The lowest BCUT2D eigenvalue weighted by molar-refractivity contribution is 0.347. The molecule has 0 saturated carbocycles. The first kappa shape index (κ1) is 15.9. The molecule has 1 N–H and O–H groups in total. The average molecular weight is 303 g/mol. The van der Waals surface area contributed by atoms with Gasteiger partial charge in [-0.2, -0.15) is 0 Å². The summed E-state index contributed by atoms with van der Waals surface area (Å²) in [6.45, 7) is 0.673. The number of nitrogens with one attached hydrogen (secondary N) is 1. The number of nitrogens with zero attached hydrogens (tertiary/aromatic N) is 2. The average Bonchev–Trinajstić information content (AvgIpc) is 3.07. The normalized spacial score (nSPS) is 10.9. The molecular weight excluding hydrogens is 282 g/mol. The predicted octanol–water partition coefficient (Wildman–Crippen LogP) is 2.29. The lowest BCUT2D eigenvalue weighted by Gasteiger charge is -2.13. The second kappa shape index (κ2) is 8.07. The van der Waals surface area contributed by atoms with Gasteiger partial charge < -0.3 is 19.2 Å². The number of rotatable bonds is 8. The molecule has 22 heavy (non-hydrogen) atoms. The molecule has 0 unspecified atom stereocenters. The van der Waals surface area contributed by atoms with Crippen molar-refractivity contribution in [3.8, 4) is 17.2 Å². The maximum atomic E-state index is 5.40. The predicted molar refractivity (Wildman–Crippen MR) is 85.5 cm³/mol. The van der Waals surface area contributed by atoms with Gasteiger partial charge in [-0.05, 0) is 18.1 Å². The van der Waals surface area contributed by atoms with E-state index in [1.165, 1.54) is 0 Å². The van der Waals surface area contributed by atoms with Gasteiger partial charge in [-0.15, -0.1) is 0 Å². The minimum atomic E-state index is 0.657. The zero-order valence-corrected chi connectivity index (χ0v) is 13.1. The van der Waals surface area contributed by atoms with E-state index in [1.807, 2.05) is 18.3 Å². The van der Waals surface area contributed by atoms with Crippen LogP contribution in [0.3, 0.4) is 0 Å². The van der Waals surface area contributed by atoms with Crippen LogP contribution in [0.25, 0.3) is 0 Å². The van der Waals surface area contributed by atoms with Crippen LogP contribution in [0.1, 0.15) is 11.4 Å². The van der Waals surface area contributed by atoms with E-state index in [9.17, 15) is 0 Å². The quantitative estimate of drug-likeness (QED) is 0.760. The first-order valence-electron chi connectivity index (χ1n) is 7.04. The minimum Gasteiger partial charge on any atom is -0.496 e. The maximum absolute atomic E-state index is 5.40. The molecule has 6 nitrogen and oxygen atoms in total. The molecule has 0 radical (unpaired) electrons. The molecule has 118 valence electrons. The van der Waals surface area contributed by atoms with Crippen molar-refractivity contribution in [2.75, 3.05) is 27.9 Å². The van der Waals surface area contributed by atoms with Gasteiger partial charge in [0.1, 0.15) is 11.6 Å². The van der Waals surface area contributed by atoms with Crippen LogP contribution in [0, 0.1) is 0 Å². The molecule has 1 aromatic carbocycles. The molecule has 0 saturated heterocycles. The fourth-order valence-corrected chi connectivity index (χ4v) is 2.12. The van der Waals surface area contributed by atoms with Crippen LogP contribution in [0.5, 0.6) is 17.2 Å². The number of ether oxygens (including phenoxy) is 3. The van der Waals surface area contributed by atoms with Crippen molar-refractivity contribution in [1.29, 1.82) is 0 Å². The van der Waals surface area contributed by atoms with Crippen LogP contribution >= 0.6 is 0 Å². The highest BCUT2D eigenvalue weighted by Crippen LogP contribution is 2.34. The summed E-state index contributed by atoms with van der Waals surface area (Å²) < 4.78 is 16.0. The van der Waals surface area contributed by atoms with Crippen molar-refractivity contribution < 1.29 is 14.2 Å². The third kappa shape index (κ3) is 4.00. The molecule has 0 bridgehead atoms. The zero-order chi connectivity index (χ0) is 15.8. The summed E-state index contributed by atoms with van der Waals surface area (Å²) in [5.41, 5.74) is 1.04. The van der Waals surface area contributed by atoms with Crippen molar-refractivity contribution in [2.45, 2.75) is 12.8 Å². The molecule has 0 spiro atoms. The first-order chi connectivity index (χ1) is 10.8. The molecule has 0 aliphatic carbocycles. The van der Waals surface area contributed by atoms with Gasteiger partial charge in [0.2, 0.25) is 0 Å². The molecule has 0 aliphatic heterocycles. The molecule has 0 amide bonds. The Kier molecular flexibility index (Phi) is 5.82. The van der Waals surface area contributed by atoms with Gasteiger partial charge in [0.05, 0.1) is 21.3 Å². The number of aromatic amines is 1. The van der Waals surface area contributed by atoms with Gasteiger partial charge in [-0.1, -0.05) is 0 Å². The summed E-state index contributed by atoms with van der Waals surface area (Å²) in [6, 6.07) is 3.76. The maximum Gasteiger partial charge on any atom is 0.164 e. The number of imidazole rings is 1. The molecule has 0 aliphatic rings. The van der Waals surface area contributed by atoms with Gasteiger partial charge >= 0.3 is 0 Å². The van der Waals surface area contributed by atoms with Crippen LogP contribution < -0.4 is 14.2 Å². The second-order valence-electron chi connectivity index (χ2n) is 4.60. The van der Waals surface area contributed by atoms with Crippen molar-refractivity contribution in [1.82, 2.24) is 9.97 Å². The molecule has 0 atom stereocenters. The van der Waals surface area contributed by atoms with E-state index in [4.69, 9.17) is 14.2 Å². The fourth-order valence-electron chi connectivity index (χ4n) is 2.12. The highest BCUT2D eigenvalue weighted by Gasteiger charge is 2.11. The molecule has 0 fully saturated rings. The molecule has 1 heterocycles. The summed E-state index contributed by atoms with van der Waals surface area (Å²) in [6.07, 6.45) is 6.87. The van der Waals surface area contributed by atoms with E-state index in [2.05, 4.69) is 15.0 Å². The minimum absolute atomic E-state index is 0.657. The van der Waals surface area contributed by atoms with E-state index < -0.39 is 0 Å². The van der Waals surface area contributed by atoms with Gasteiger partial charge in [0, 0.05) is 37.6 Å². The summed E-state index contributed by atoms with van der Waals surface area (Å²) >= 11 is 0. The Morgan fingerprint density at radius 3 is 2.45 bits per heavy atom. The third-order valence-electron chi connectivity index (χ3n) is 3.27. The molecule has 2 aromatic rings. The van der Waals surface area contributed by atoms with E-state index in [-0.39, 0.29) is 0 Å². The van der Waals surface area contributed by atoms with Crippen LogP contribution in [0.2, 0.25) is 0 Å². The SMILES string of the molecule is COc1cc(OC)c(OC)cc1CCN=CCc1ncc[nH]1. The Morgan fingerprint density at radius 1 is 1.09 bits per heavy atom. The highest BCUT2D eigenvalue weighted by atomic mass is 16.5. The standard InChI is InChI=1S/C16H21N3O3/c1-20-13-11-15(22-3)14(21-2)10-12(13)4-6-17-7-5-16-18-8-9-19-16/h7-11H,4-6H2,1-3H3,(H,18,19). The Morgan fingerprint density at radius 2 is 1.82 bits per heavy atom. The van der Waals surface area contributed by atoms with Gasteiger partial charge in [-0.25, -0.2) is 4.98 Å². The first-order valence-corrected chi connectivity index (χ1v) is 7.04. The third-order valence-corrected chi connectivity index (χ3v) is 3.27. The second-order valence-corrected chi connectivity index (χ2v) is 4.60. The number of H-pyrrole nitrogens is 1. The summed E-state index contributed by atoms with van der Waals surface area (Å²) in [4.78, 5) is 11.6. The Bertz CT molecular complexity index is 609. The van der Waals surface area contributed by atoms with Crippen LogP contribution in [-0.4, -0.2) is 44.1 Å². The van der Waals surface area contributed by atoms with Crippen LogP contribution in [0.4, 0.5) is 0 Å². The summed E-state index contributed by atoms with van der Waals surface area (Å²) in [5.74, 6) is 3.04. The summed E-state index contributed by atoms with van der Waals surface area (Å²) in [5, 5.41) is 0. The lowest BCUT2D eigenvalue weighted by atomic mass is 10.1. The van der Waals surface area contributed by atoms with E-state index in [1.54, 1.807) is 33.7 Å². The van der Waals surface area contributed by atoms with Crippen molar-refractivity contribution in [3.05, 3.63) is 35.9 Å². The Labute approximate surface area is 130 Å². The lowest BCUT2D eigenvalue weighted by Crippen LogP contribution is -1.99. The Balaban J connectivity index is 1.97. The smallest absolute Gasteiger partial charge is 0.164 e. The monoisotopic (exact) mass is 303 g/mol. The van der Waals surface area contributed by atoms with Gasteiger partial charge in [-0.3, -0.25) is 4.99 Å². The summed E-state index contributed by atoms with van der Waals surface area (Å²) in [7, 11) is 4.87. The van der Waals surface area contributed by atoms with Crippen LogP contribution in [-0.2, 0) is 12.8 Å². The zero-order valence-electron chi connectivity index (χ0n) is 13.1. The van der Waals surface area contributed by atoms with E-state index in [0.717, 1.165) is 23.6 Å². The molecule has 1 aromatic heterocycles. The largest absolute Gasteiger partial charge is 0.496 e. The van der Waals surface area contributed by atoms with Gasteiger partial charge in [0.25, 0.3) is 0 Å². The number of aliphatic imine (C=N–C) groups is 1. The number of hydrogen-bond donors (Lipinski definition) is 1. The van der Waals surface area contributed by atoms with Crippen molar-refractivity contribution in [2.24, 2.45) is 4.99 Å². The molecule has 2 rings (SSSR count). The van der Waals surface area contributed by atoms with E-state index >= 15 is 0 Å². The molecule has 6 heteroatoms. The fraction of sp³-hybridized carbons (Fsp3) is 0.375. The van der Waals surface area contributed by atoms with Crippen molar-refractivity contribution >= 4 is 6.21 Å². The number of benzene rings is 1. The van der Waals surface area contributed by atoms with Gasteiger partial charge in [0.15, 0.2) is 11.5 Å². The topological polar surface area (TPSA) is 68.7 Å².